The number of nitrogens with zero attached hydrogens (tertiary/aromatic N) is 1. The fourth-order valence-electron chi connectivity index (χ4n) is 3.17. The van der Waals surface area contributed by atoms with Crippen LogP contribution in [0.1, 0.15) is 26.2 Å². The van der Waals surface area contributed by atoms with Gasteiger partial charge in [0.05, 0.1) is 12.1 Å². The Hall–Kier alpha value is 0.0900. The summed E-state index contributed by atoms with van der Waals surface area (Å²) in [6.45, 7) is 3.20. The summed E-state index contributed by atoms with van der Waals surface area (Å²) in [6, 6.07) is 0.709. The minimum atomic E-state index is -0.856. The number of hydrogen-bond donors (Lipinski definition) is 3. The van der Waals surface area contributed by atoms with E-state index in [1.165, 1.54) is 0 Å². The number of halogens is 1. The highest BCUT2D eigenvalue weighted by Gasteiger charge is 2.43. The SMILES string of the molecule is COC1CC(Cl)C(C(N)O)CC1N1NCCC1C. The smallest absolute Gasteiger partial charge is 0.106 e. The minimum absolute atomic E-state index is 0.0716. The van der Waals surface area contributed by atoms with Crippen LogP contribution in [0.4, 0.5) is 0 Å². The molecule has 1 saturated heterocycles. The molecule has 106 valence electrons. The Labute approximate surface area is 114 Å². The Morgan fingerprint density at radius 1 is 1.50 bits per heavy atom. The topological polar surface area (TPSA) is 70.8 Å². The van der Waals surface area contributed by atoms with Crippen molar-refractivity contribution in [2.45, 2.75) is 56.0 Å². The molecule has 6 heteroatoms. The number of aliphatic hydroxyl groups is 1. The van der Waals surface area contributed by atoms with Gasteiger partial charge in [0.2, 0.25) is 0 Å². The second-order valence-electron chi connectivity index (χ2n) is 5.44. The van der Waals surface area contributed by atoms with E-state index in [0.29, 0.717) is 6.04 Å². The second-order valence-corrected chi connectivity index (χ2v) is 6.00. The third kappa shape index (κ3) is 2.81. The average molecular weight is 278 g/mol. The zero-order chi connectivity index (χ0) is 13.3. The van der Waals surface area contributed by atoms with Crippen molar-refractivity contribution in [3.8, 4) is 0 Å². The lowest BCUT2D eigenvalue weighted by Gasteiger charge is -2.44. The monoisotopic (exact) mass is 277 g/mol. The molecule has 0 spiro atoms. The van der Waals surface area contributed by atoms with Gasteiger partial charge in [-0.1, -0.05) is 0 Å². The van der Waals surface area contributed by atoms with Crippen molar-refractivity contribution in [1.29, 1.82) is 0 Å². The van der Waals surface area contributed by atoms with E-state index >= 15 is 0 Å². The fraction of sp³-hybridized carbons (Fsp3) is 1.00. The first kappa shape index (κ1) is 14.5. The van der Waals surface area contributed by atoms with Gasteiger partial charge < -0.3 is 15.6 Å². The molecule has 6 atom stereocenters. The molecule has 0 aromatic rings. The summed E-state index contributed by atoms with van der Waals surface area (Å²) in [6.07, 6.45) is 1.86. The maximum atomic E-state index is 9.65. The van der Waals surface area contributed by atoms with E-state index in [2.05, 4.69) is 17.4 Å². The molecule has 6 unspecified atom stereocenters. The van der Waals surface area contributed by atoms with Gasteiger partial charge in [0, 0.05) is 31.0 Å². The predicted octanol–water partition coefficient (Wildman–Crippen LogP) is 0.263. The minimum Gasteiger partial charge on any atom is -0.380 e. The summed E-state index contributed by atoms with van der Waals surface area (Å²) in [5.74, 6) is -0.0716. The summed E-state index contributed by atoms with van der Waals surface area (Å²) >= 11 is 6.30. The van der Waals surface area contributed by atoms with Crippen LogP contribution in [-0.4, -0.2) is 53.6 Å². The maximum absolute atomic E-state index is 9.65. The van der Waals surface area contributed by atoms with Gasteiger partial charge in [-0.25, -0.2) is 5.01 Å². The lowest BCUT2D eigenvalue weighted by molar-refractivity contribution is -0.0591. The molecule has 1 saturated carbocycles. The van der Waals surface area contributed by atoms with Gasteiger partial charge in [-0.05, 0) is 26.2 Å². The highest BCUT2D eigenvalue weighted by Crippen LogP contribution is 2.35. The predicted molar refractivity (Wildman–Crippen MR) is 71.1 cm³/mol. The quantitative estimate of drug-likeness (QED) is 0.510. The summed E-state index contributed by atoms with van der Waals surface area (Å²) in [4.78, 5) is 0. The highest BCUT2D eigenvalue weighted by molar-refractivity contribution is 6.20. The van der Waals surface area contributed by atoms with Gasteiger partial charge >= 0.3 is 0 Å². The van der Waals surface area contributed by atoms with Crippen LogP contribution in [0.25, 0.3) is 0 Å². The first-order valence-electron chi connectivity index (χ1n) is 6.67. The van der Waals surface area contributed by atoms with Crippen LogP contribution in [0.2, 0.25) is 0 Å². The van der Waals surface area contributed by atoms with Crippen LogP contribution in [0.3, 0.4) is 0 Å². The third-order valence-corrected chi connectivity index (χ3v) is 4.80. The van der Waals surface area contributed by atoms with Crippen molar-refractivity contribution in [3.05, 3.63) is 0 Å². The molecule has 0 aromatic heterocycles. The van der Waals surface area contributed by atoms with E-state index in [1.807, 2.05) is 0 Å². The van der Waals surface area contributed by atoms with Crippen LogP contribution < -0.4 is 11.2 Å². The number of ether oxygens (including phenoxy) is 1. The Balaban J connectivity index is 2.10. The fourth-order valence-corrected chi connectivity index (χ4v) is 3.60. The lowest BCUT2D eigenvalue weighted by atomic mass is 9.81. The Kier molecular flexibility index (Phi) is 4.86. The second kappa shape index (κ2) is 6.03. The van der Waals surface area contributed by atoms with Crippen molar-refractivity contribution in [2.75, 3.05) is 13.7 Å². The van der Waals surface area contributed by atoms with Crippen LogP contribution in [0.5, 0.6) is 0 Å². The number of rotatable bonds is 3. The van der Waals surface area contributed by atoms with E-state index in [4.69, 9.17) is 22.1 Å². The first-order valence-corrected chi connectivity index (χ1v) is 7.10. The average Bonchev–Trinajstić information content (AvgIpc) is 2.74. The number of aliphatic hydroxyl groups excluding tert-OH is 1. The molecule has 1 heterocycles. The van der Waals surface area contributed by atoms with Crippen LogP contribution in [-0.2, 0) is 4.74 Å². The zero-order valence-electron chi connectivity index (χ0n) is 11.1. The van der Waals surface area contributed by atoms with E-state index in [1.54, 1.807) is 7.11 Å². The molecule has 0 bridgehead atoms. The number of nitrogens with two attached hydrogens (primary N) is 1. The summed E-state index contributed by atoms with van der Waals surface area (Å²) in [5, 5.41) is 11.8. The number of nitrogens with one attached hydrogen (secondary N) is 1. The van der Waals surface area contributed by atoms with Crippen molar-refractivity contribution >= 4 is 11.6 Å². The van der Waals surface area contributed by atoms with E-state index in [-0.39, 0.29) is 23.4 Å². The van der Waals surface area contributed by atoms with Crippen LogP contribution in [0, 0.1) is 5.92 Å². The van der Waals surface area contributed by atoms with Gasteiger partial charge in [-0.15, -0.1) is 11.6 Å². The number of hydrogen-bond acceptors (Lipinski definition) is 5. The standard InChI is InChI=1S/C12H24ClN3O2/c1-7-3-4-15-16(7)10-5-8(12(14)17)9(13)6-11(10)18-2/h7-12,15,17H,3-6,14H2,1-2H3. The number of hydrazine groups is 1. The molecule has 0 aromatic carbocycles. The molecule has 2 aliphatic rings. The van der Waals surface area contributed by atoms with Crippen LogP contribution >= 0.6 is 11.6 Å². The van der Waals surface area contributed by atoms with Crippen LogP contribution in [0.15, 0.2) is 0 Å². The largest absolute Gasteiger partial charge is 0.380 e. The Morgan fingerprint density at radius 2 is 2.22 bits per heavy atom. The molecular weight excluding hydrogens is 254 g/mol. The van der Waals surface area contributed by atoms with Crippen molar-refractivity contribution in [2.24, 2.45) is 11.7 Å². The molecule has 4 N–H and O–H groups in total. The molecule has 0 radical (unpaired) electrons. The molecule has 2 fully saturated rings. The van der Waals surface area contributed by atoms with Crippen molar-refractivity contribution < 1.29 is 9.84 Å². The van der Waals surface area contributed by atoms with Gasteiger partial charge in [0.15, 0.2) is 0 Å². The normalized spacial score (nSPS) is 44.2. The molecule has 1 aliphatic heterocycles. The molecule has 18 heavy (non-hydrogen) atoms. The van der Waals surface area contributed by atoms with Gasteiger partial charge in [0.25, 0.3) is 0 Å². The first-order chi connectivity index (χ1) is 8.54. The van der Waals surface area contributed by atoms with Crippen molar-refractivity contribution in [1.82, 2.24) is 10.4 Å². The molecule has 1 aliphatic carbocycles. The van der Waals surface area contributed by atoms with Gasteiger partial charge in [-0.2, -0.15) is 0 Å². The van der Waals surface area contributed by atoms with Crippen molar-refractivity contribution in [3.63, 3.8) is 0 Å². The number of methoxy groups -OCH3 is 1. The third-order valence-electron chi connectivity index (χ3n) is 4.29. The Bertz CT molecular complexity index is 280. The molecule has 2 rings (SSSR count). The summed E-state index contributed by atoms with van der Waals surface area (Å²) in [7, 11) is 1.72. The molecule has 0 amide bonds. The highest BCUT2D eigenvalue weighted by atomic mass is 35.5. The van der Waals surface area contributed by atoms with E-state index in [9.17, 15) is 5.11 Å². The molecule has 5 nitrogen and oxygen atoms in total. The maximum Gasteiger partial charge on any atom is 0.106 e. The van der Waals surface area contributed by atoms with Gasteiger partial charge in [-0.3, -0.25) is 5.43 Å². The van der Waals surface area contributed by atoms with E-state index < -0.39 is 6.23 Å². The Morgan fingerprint density at radius 3 is 2.72 bits per heavy atom. The summed E-state index contributed by atoms with van der Waals surface area (Å²) < 4.78 is 5.57. The zero-order valence-corrected chi connectivity index (χ0v) is 11.8. The van der Waals surface area contributed by atoms with E-state index in [0.717, 1.165) is 25.8 Å². The number of alkyl halides is 1. The summed E-state index contributed by atoms with van der Waals surface area (Å²) in [5.41, 5.74) is 9.03. The lowest BCUT2D eigenvalue weighted by Crippen LogP contribution is -2.57. The molecular formula is C12H24ClN3O2. The van der Waals surface area contributed by atoms with Gasteiger partial charge in [0.1, 0.15) is 6.23 Å².